The van der Waals surface area contributed by atoms with Crippen LogP contribution in [0.2, 0.25) is 0 Å². The fourth-order valence-corrected chi connectivity index (χ4v) is 4.24. The van der Waals surface area contributed by atoms with Gasteiger partial charge >= 0.3 is 0 Å². The van der Waals surface area contributed by atoms with Crippen molar-refractivity contribution < 1.29 is 22.3 Å². The number of ether oxygens (including phenoxy) is 1. The number of nitrogens with zero attached hydrogens (tertiary/aromatic N) is 4. The molecular formula is C21H21FN6O4S. The smallest absolute Gasteiger partial charge is 0.254 e. The third kappa shape index (κ3) is 5.58. The second-order valence-corrected chi connectivity index (χ2v) is 9.23. The van der Waals surface area contributed by atoms with Crippen molar-refractivity contribution in [2.24, 2.45) is 0 Å². The van der Waals surface area contributed by atoms with Gasteiger partial charge in [-0.05, 0) is 38.0 Å². The molecule has 0 bridgehead atoms. The quantitative estimate of drug-likeness (QED) is 0.484. The first-order valence-corrected chi connectivity index (χ1v) is 11.8. The summed E-state index contributed by atoms with van der Waals surface area (Å²) >= 11 is 0. The minimum absolute atomic E-state index is 0.0391. The number of halogens is 1. The molecule has 1 aliphatic carbocycles. The molecule has 0 aliphatic heterocycles. The first-order chi connectivity index (χ1) is 15.9. The molecule has 10 nitrogen and oxygen atoms in total. The van der Waals surface area contributed by atoms with Crippen LogP contribution in [0.15, 0.2) is 42.9 Å². The number of amides is 1. The fourth-order valence-electron chi connectivity index (χ4n) is 2.96. The van der Waals surface area contributed by atoms with Gasteiger partial charge in [-0.1, -0.05) is 6.07 Å². The van der Waals surface area contributed by atoms with Crippen molar-refractivity contribution in [1.29, 1.82) is 0 Å². The van der Waals surface area contributed by atoms with Crippen LogP contribution in [-0.2, 0) is 16.6 Å². The zero-order valence-corrected chi connectivity index (χ0v) is 18.5. The lowest BCUT2D eigenvalue weighted by molar-refractivity contribution is 0.0946. The van der Waals surface area contributed by atoms with Gasteiger partial charge in [0.25, 0.3) is 5.91 Å². The maximum absolute atomic E-state index is 14.6. The number of rotatable bonds is 9. The minimum atomic E-state index is -3.50. The lowest BCUT2D eigenvalue weighted by Gasteiger charge is -2.09. The van der Waals surface area contributed by atoms with Crippen LogP contribution in [0.25, 0.3) is 11.3 Å². The lowest BCUT2D eigenvalue weighted by Crippen LogP contribution is -2.25. The van der Waals surface area contributed by atoms with Gasteiger partial charge in [0.05, 0.1) is 47.7 Å². The molecular weight excluding hydrogens is 451 g/mol. The van der Waals surface area contributed by atoms with Gasteiger partial charge in [-0.15, -0.1) is 0 Å². The van der Waals surface area contributed by atoms with E-state index in [1.165, 1.54) is 36.8 Å². The summed E-state index contributed by atoms with van der Waals surface area (Å²) in [6, 6.07) is 5.64. The molecule has 1 aromatic carbocycles. The fraction of sp³-hybridized carbons (Fsp3) is 0.286. The summed E-state index contributed by atoms with van der Waals surface area (Å²) in [5.41, 5.74) is 1.07. The van der Waals surface area contributed by atoms with Crippen molar-refractivity contribution in [3.05, 3.63) is 59.9 Å². The summed E-state index contributed by atoms with van der Waals surface area (Å²) in [5, 5.41) is 2.16. The van der Waals surface area contributed by atoms with Crippen molar-refractivity contribution in [2.75, 3.05) is 11.3 Å². The van der Waals surface area contributed by atoms with E-state index in [9.17, 15) is 17.6 Å². The Kier molecular flexibility index (Phi) is 6.45. The van der Waals surface area contributed by atoms with E-state index in [1.807, 2.05) is 6.92 Å². The van der Waals surface area contributed by atoms with Crippen LogP contribution in [0.5, 0.6) is 5.88 Å². The van der Waals surface area contributed by atoms with Crippen molar-refractivity contribution in [3.63, 3.8) is 0 Å². The molecule has 1 fully saturated rings. The number of benzene rings is 1. The second kappa shape index (κ2) is 9.45. The highest BCUT2D eigenvalue weighted by Gasteiger charge is 2.36. The number of carbonyl (C=O) groups is 1. The molecule has 2 heterocycles. The number of hydrogen-bond donors (Lipinski definition) is 2. The monoisotopic (exact) mass is 472 g/mol. The Morgan fingerprint density at radius 2 is 2.03 bits per heavy atom. The van der Waals surface area contributed by atoms with Crippen LogP contribution < -0.4 is 14.8 Å². The molecule has 4 rings (SSSR count). The molecule has 172 valence electrons. The zero-order valence-electron chi connectivity index (χ0n) is 17.7. The Morgan fingerprint density at radius 1 is 1.21 bits per heavy atom. The summed E-state index contributed by atoms with van der Waals surface area (Å²) in [7, 11) is -3.50. The van der Waals surface area contributed by atoms with Gasteiger partial charge in [-0.25, -0.2) is 27.8 Å². The molecule has 2 N–H and O–H groups in total. The maximum Gasteiger partial charge on any atom is 0.254 e. The van der Waals surface area contributed by atoms with Gasteiger partial charge in [0.15, 0.2) is 0 Å². The molecule has 0 atom stereocenters. The van der Waals surface area contributed by atoms with Gasteiger partial charge in [0.2, 0.25) is 21.9 Å². The third-order valence-corrected chi connectivity index (χ3v) is 6.57. The Bertz CT molecular complexity index is 1280. The van der Waals surface area contributed by atoms with E-state index in [-0.39, 0.29) is 18.1 Å². The van der Waals surface area contributed by atoms with E-state index >= 15 is 0 Å². The molecule has 0 unspecified atom stereocenters. The summed E-state index contributed by atoms with van der Waals surface area (Å²) in [6.07, 6.45) is 5.54. The molecule has 1 saturated carbocycles. The molecule has 0 radical (unpaired) electrons. The van der Waals surface area contributed by atoms with Crippen molar-refractivity contribution in [3.8, 4) is 17.1 Å². The Morgan fingerprint density at radius 3 is 2.76 bits per heavy atom. The van der Waals surface area contributed by atoms with E-state index in [2.05, 4.69) is 30.0 Å². The number of sulfonamides is 1. The normalized spacial score (nSPS) is 13.4. The van der Waals surface area contributed by atoms with E-state index in [0.29, 0.717) is 42.3 Å². The van der Waals surface area contributed by atoms with Crippen molar-refractivity contribution in [1.82, 2.24) is 25.3 Å². The number of carbonyl (C=O) groups excluding carboxylic acids is 1. The average Bonchev–Trinajstić information content (AvgIpc) is 3.64. The summed E-state index contributed by atoms with van der Waals surface area (Å²) in [5.74, 6) is -1.12. The Balaban J connectivity index is 1.42. The van der Waals surface area contributed by atoms with Crippen LogP contribution in [0.1, 0.15) is 35.8 Å². The lowest BCUT2D eigenvalue weighted by atomic mass is 10.1. The predicted molar refractivity (Wildman–Crippen MR) is 117 cm³/mol. The maximum atomic E-state index is 14.6. The van der Waals surface area contributed by atoms with Crippen molar-refractivity contribution in [2.45, 2.75) is 31.6 Å². The van der Waals surface area contributed by atoms with E-state index in [4.69, 9.17) is 4.74 Å². The molecule has 1 amide bonds. The van der Waals surface area contributed by atoms with Crippen LogP contribution >= 0.6 is 0 Å². The SMILES string of the molecule is CCOc1cncc(-c2ccc(C(=O)NCc3ccnc(NS(=O)(=O)C4CC4)n3)c(F)c2)n1. The van der Waals surface area contributed by atoms with Crippen LogP contribution in [0, 0.1) is 5.82 Å². The molecule has 0 spiro atoms. The highest BCUT2D eigenvalue weighted by Crippen LogP contribution is 2.29. The molecule has 3 aromatic rings. The van der Waals surface area contributed by atoms with E-state index in [1.54, 1.807) is 6.07 Å². The highest BCUT2D eigenvalue weighted by atomic mass is 32.2. The van der Waals surface area contributed by atoms with Gasteiger partial charge in [-0.2, -0.15) is 0 Å². The average molecular weight is 473 g/mol. The number of anilines is 1. The topological polar surface area (TPSA) is 136 Å². The first kappa shape index (κ1) is 22.5. The van der Waals surface area contributed by atoms with E-state index in [0.717, 1.165) is 0 Å². The van der Waals surface area contributed by atoms with Crippen molar-refractivity contribution >= 4 is 21.9 Å². The van der Waals surface area contributed by atoms with Gasteiger partial charge in [0, 0.05) is 11.8 Å². The molecule has 12 heteroatoms. The highest BCUT2D eigenvalue weighted by molar-refractivity contribution is 7.93. The minimum Gasteiger partial charge on any atom is -0.477 e. The van der Waals surface area contributed by atoms with Crippen LogP contribution in [0.3, 0.4) is 0 Å². The molecule has 33 heavy (non-hydrogen) atoms. The number of hydrogen-bond acceptors (Lipinski definition) is 8. The number of aromatic nitrogens is 4. The number of nitrogens with one attached hydrogen (secondary N) is 2. The first-order valence-electron chi connectivity index (χ1n) is 10.2. The Hall–Kier alpha value is -3.67. The Labute approximate surface area is 189 Å². The predicted octanol–water partition coefficient (Wildman–Crippen LogP) is 2.31. The van der Waals surface area contributed by atoms with Gasteiger partial charge < -0.3 is 10.1 Å². The molecule has 0 saturated heterocycles. The second-order valence-electron chi connectivity index (χ2n) is 7.27. The van der Waals surface area contributed by atoms with E-state index < -0.39 is 27.0 Å². The van der Waals surface area contributed by atoms with Crippen LogP contribution in [-0.4, -0.2) is 46.1 Å². The van der Waals surface area contributed by atoms with Gasteiger partial charge in [0.1, 0.15) is 5.82 Å². The zero-order chi connectivity index (χ0) is 23.4. The largest absolute Gasteiger partial charge is 0.477 e. The standard InChI is InChI=1S/C21H21FN6O4S/c1-2-32-19-12-23-11-18(27-19)13-3-6-16(17(22)9-13)20(29)25-10-14-7-8-24-21(26-14)28-33(30,31)15-4-5-15/h3,6-9,11-12,15H,2,4-5,10H2,1H3,(H,25,29)(H,24,26,28). The van der Waals surface area contributed by atoms with Crippen LogP contribution in [0.4, 0.5) is 10.3 Å². The summed E-state index contributed by atoms with van der Waals surface area (Å²) in [6.45, 7) is 2.20. The molecule has 1 aliphatic rings. The summed E-state index contributed by atoms with van der Waals surface area (Å²) < 4.78 is 46.3. The third-order valence-electron chi connectivity index (χ3n) is 4.75. The van der Waals surface area contributed by atoms with Gasteiger partial charge in [-0.3, -0.25) is 14.5 Å². The summed E-state index contributed by atoms with van der Waals surface area (Å²) in [4.78, 5) is 28.8. The molecule has 2 aromatic heterocycles.